The number of carboxylic acid groups (broad SMARTS) is 1. The van der Waals surface area contributed by atoms with Crippen molar-refractivity contribution in [3.63, 3.8) is 0 Å². The molecular weight excluding hydrogens is 420 g/mol. The van der Waals surface area contributed by atoms with Gasteiger partial charge in [0, 0.05) is 26.1 Å². The molecule has 1 unspecified atom stereocenters. The molecule has 2 aliphatic heterocycles. The van der Waals surface area contributed by atoms with E-state index in [2.05, 4.69) is 27.4 Å². The zero-order valence-electron chi connectivity index (χ0n) is 17.1. The van der Waals surface area contributed by atoms with Gasteiger partial charge in [-0.1, -0.05) is 17.9 Å². The number of fused-ring (bicyclic) bond motifs is 1. The molecule has 3 heterocycles. The van der Waals surface area contributed by atoms with Crippen molar-refractivity contribution in [3.05, 3.63) is 34.3 Å². The van der Waals surface area contributed by atoms with Crippen molar-refractivity contribution in [1.29, 1.82) is 0 Å². The summed E-state index contributed by atoms with van der Waals surface area (Å²) in [5.74, 6) is 4.52. The zero-order valence-corrected chi connectivity index (χ0v) is 17.1. The van der Waals surface area contributed by atoms with Crippen LogP contribution in [0.25, 0.3) is 11.1 Å². The molecule has 0 saturated carbocycles. The third kappa shape index (κ3) is 4.66. The topological polar surface area (TPSA) is 143 Å². The minimum Gasteiger partial charge on any atom is -0.465 e. The monoisotopic (exact) mass is 442 g/mol. The molecule has 4 rings (SSSR count). The van der Waals surface area contributed by atoms with Crippen molar-refractivity contribution >= 4 is 29.0 Å². The van der Waals surface area contributed by atoms with Crippen LogP contribution in [0, 0.1) is 11.8 Å². The fraction of sp³-hybridized carbons (Fsp3) is 0.429. The molecule has 2 atom stereocenters. The first-order valence-corrected chi connectivity index (χ1v) is 10.2. The van der Waals surface area contributed by atoms with Gasteiger partial charge in [-0.2, -0.15) is 0 Å². The number of carbonyl (C=O) groups excluding carboxylic acids is 2. The fourth-order valence-corrected chi connectivity index (χ4v) is 3.87. The number of para-hydroxylation sites is 1. The molecule has 2 fully saturated rings. The number of hydrogen-bond acceptors (Lipinski definition) is 7. The molecular formula is C21H22N4O7. The predicted octanol–water partition coefficient (Wildman–Crippen LogP) is -0.108. The molecule has 3 N–H and O–H groups in total. The number of morpholine rings is 1. The molecule has 2 aromatic rings. The third-order valence-corrected chi connectivity index (χ3v) is 5.39. The van der Waals surface area contributed by atoms with E-state index in [-0.39, 0.29) is 31.4 Å². The van der Waals surface area contributed by atoms with E-state index >= 15 is 0 Å². The Balaban J connectivity index is 1.50. The lowest BCUT2D eigenvalue weighted by atomic mass is 10.1. The van der Waals surface area contributed by atoms with Crippen molar-refractivity contribution < 1.29 is 28.6 Å². The van der Waals surface area contributed by atoms with E-state index in [4.69, 9.17) is 14.3 Å². The molecule has 32 heavy (non-hydrogen) atoms. The number of nitrogens with zero attached hydrogens (tertiary/aromatic N) is 2. The second-order valence-corrected chi connectivity index (χ2v) is 7.57. The van der Waals surface area contributed by atoms with Crippen molar-refractivity contribution in [2.45, 2.75) is 25.0 Å². The van der Waals surface area contributed by atoms with Gasteiger partial charge in [0.05, 0.1) is 30.3 Å². The van der Waals surface area contributed by atoms with Gasteiger partial charge in [0.2, 0.25) is 11.8 Å². The van der Waals surface area contributed by atoms with Crippen LogP contribution < -0.4 is 16.4 Å². The second-order valence-electron chi connectivity index (χ2n) is 7.57. The summed E-state index contributed by atoms with van der Waals surface area (Å²) in [4.78, 5) is 48.8. The van der Waals surface area contributed by atoms with Gasteiger partial charge in [-0.3, -0.25) is 24.4 Å². The second kappa shape index (κ2) is 9.25. The van der Waals surface area contributed by atoms with Gasteiger partial charge in [0.1, 0.15) is 6.04 Å². The van der Waals surface area contributed by atoms with Crippen LogP contribution in [0.1, 0.15) is 24.4 Å². The normalized spacial score (nSPS) is 21.6. The van der Waals surface area contributed by atoms with Crippen LogP contribution in [-0.2, 0) is 14.3 Å². The lowest BCUT2D eigenvalue weighted by molar-refractivity contribution is -0.135. The van der Waals surface area contributed by atoms with E-state index in [1.807, 2.05) is 0 Å². The number of oxazole rings is 1. The average molecular weight is 442 g/mol. The summed E-state index contributed by atoms with van der Waals surface area (Å²) < 4.78 is 12.2. The first-order valence-electron chi connectivity index (χ1n) is 10.2. The highest BCUT2D eigenvalue weighted by Gasteiger charge is 2.31. The van der Waals surface area contributed by atoms with Crippen molar-refractivity contribution in [2.75, 3.05) is 32.8 Å². The number of amides is 3. The minimum absolute atomic E-state index is 0.150. The van der Waals surface area contributed by atoms with Gasteiger partial charge in [0.25, 0.3) is 0 Å². The van der Waals surface area contributed by atoms with Gasteiger partial charge >= 0.3 is 11.8 Å². The summed E-state index contributed by atoms with van der Waals surface area (Å²) in [6.45, 7) is 2.33. The van der Waals surface area contributed by atoms with Gasteiger partial charge in [0.15, 0.2) is 5.58 Å². The number of nitrogens with one attached hydrogen (secondary N) is 2. The Kier molecular flexibility index (Phi) is 6.25. The van der Waals surface area contributed by atoms with Crippen LogP contribution in [0.15, 0.2) is 27.4 Å². The largest absolute Gasteiger partial charge is 0.465 e. The van der Waals surface area contributed by atoms with Crippen LogP contribution in [-0.4, -0.2) is 71.4 Å². The first-order chi connectivity index (χ1) is 15.4. The molecule has 168 valence electrons. The molecule has 11 heteroatoms. The van der Waals surface area contributed by atoms with Crippen LogP contribution in [0.5, 0.6) is 0 Å². The van der Waals surface area contributed by atoms with Crippen molar-refractivity contribution in [1.82, 2.24) is 20.1 Å². The van der Waals surface area contributed by atoms with Gasteiger partial charge < -0.3 is 19.6 Å². The molecule has 2 aliphatic rings. The molecule has 3 amide bonds. The number of imide groups is 1. The SMILES string of the molecule is O=C(O)NC[C@H]1CN(CC#Cc2cccc3c2oc(=O)n3C2CCC(=O)NC2=O)CCO1. The third-order valence-electron chi connectivity index (χ3n) is 5.39. The lowest BCUT2D eigenvalue weighted by Crippen LogP contribution is -2.47. The number of rotatable bonds is 4. The highest BCUT2D eigenvalue weighted by atomic mass is 16.5. The summed E-state index contributed by atoms with van der Waals surface area (Å²) >= 11 is 0. The van der Waals surface area contributed by atoms with Crippen LogP contribution in [0.3, 0.4) is 0 Å². The van der Waals surface area contributed by atoms with Crippen LogP contribution in [0.2, 0.25) is 0 Å². The molecule has 1 aromatic heterocycles. The fourth-order valence-electron chi connectivity index (χ4n) is 3.87. The Morgan fingerprint density at radius 1 is 1.31 bits per heavy atom. The van der Waals surface area contributed by atoms with Gasteiger partial charge in [-0.25, -0.2) is 9.59 Å². The standard InChI is InChI=1S/C21H22N4O7/c26-17-7-6-16(19(27)23-17)25-15-5-1-3-13(18(15)32-21(25)30)4-2-8-24-9-10-31-14(12-24)11-22-20(28)29/h1,3,5,14,16,22H,6-12H2,(H,28,29)(H,23,26,27)/t14-,16?/m0/s1. The Morgan fingerprint density at radius 3 is 2.94 bits per heavy atom. The first kappa shape index (κ1) is 21.6. The van der Waals surface area contributed by atoms with E-state index in [0.29, 0.717) is 42.9 Å². The predicted molar refractivity (Wildman–Crippen MR) is 111 cm³/mol. The Bertz CT molecular complexity index is 1170. The van der Waals surface area contributed by atoms with Gasteiger partial charge in [-0.15, -0.1) is 0 Å². The number of carbonyl (C=O) groups is 3. The number of aromatic nitrogens is 1. The number of hydrogen-bond donors (Lipinski definition) is 3. The van der Waals surface area contributed by atoms with Gasteiger partial charge in [-0.05, 0) is 18.6 Å². The molecule has 11 nitrogen and oxygen atoms in total. The minimum atomic E-state index is -1.09. The Morgan fingerprint density at radius 2 is 2.16 bits per heavy atom. The highest BCUT2D eigenvalue weighted by Crippen LogP contribution is 2.24. The van der Waals surface area contributed by atoms with Crippen molar-refractivity contribution in [2.24, 2.45) is 0 Å². The van der Waals surface area contributed by atoms with E-state index in [1.54, 1.807) is 18.2 Å². The Hall–Kier alpha value is -3.62. The quantitative estimate of drug-likeness (QED) is 0.440. The molecule has 0 radical (unpaired) electrons. The maximum atomic E-state index is 12.5. The maximum Gasteiger partial charge on any atom is 0.420 e. The summed E-state index contributed by atoms with van der Waals surface area (Å²) in [5.41, 5.74) is 1.26. The molecule has 0 bridgehead atoms. The van der Waals surface area contributed by atoms with Crippen LogP contribution in [0.4, 0.5) is 4.79 Å². The summed E-state index contributed by atoms with van der Waals surface area (Å²) in [7, 11) is 0. The Labute approximate surface area is 182 Å². The van der Waals surface area contributed by atoms with E-state index in [1.165, 1.54) is 4.57 Å². The van der Waals surface area contributed by atoms with E-state index in [9.17, 15) is 19.2 Å². The average Bonchev–Trinajstić information content (AvgIpc) is 3.09. The van der Waals surface area contributed by atoms with Crippen molar-refractivity contribution in [3.8, 4) is 11.8 Å². The number of ether oxygens (including phenoxy) is 1. The lowest BCUT2D eigenvalue weighted by Gasteiger charge is -2.31. The summed E-state index contributed by atoms with van der Waals surface area (Å²) in [6, 6.07) is 4.32. The molecule has 1 aromatic carbocycles. The van der Waals surface area contributed by atoms with E-state index in [0.717, 1.165) is 0 Å². The van der Waals surface area contributed by atoms with Crippen LogP contribution >= 0.6 is 0 Å². The zero-order chi connectivity index (χ0) is 22.7. The summed E-state index contributed by atoms with van der Waals surface area (Å²) in [5, 5.41) is 13.3. The van der Waals surface area contributed by atoms with E-state index < -0.39 is 23.8 Å². The maximum absolute atomic E-state index is 12.5. The smallest absolute Gasteiger partial charge is 0.420 e. The number of benzene rings is 1. The highest BCUT2D eigenvalue weighted by molar-refractivity contribution is 6.00. The molecule has 2 saturated heterocycles. The molecule has 0 aliphatic carbocycles. The molecule has 0 spiro atoms. The number of piperidine rings is 1. The summed E-state index contributed by atoms with van der Waals surface area (Å²) in [6.07, 6.45) is -0.961.